The van der Waals surface area contributed by atoms with E-state index in [-0.39, 0.29) is 29.9 Å². The van der Waals surface area contributed by atoms with Crippen LogP contribution in [0.3, 0.4) is 0 Å². The third-order valence-corrected chi connectivity index (χ3v) is 6.05. The molecule has 2 N–H and O–H groups in total. The summed E-state index contributed by atoms with van der Waals surface area (Å²) in [5, 5.41) is 20.0. The van der Waals surface area contributed by atoms with E-state index in [2.05, 4.69) is 0 Å². The van der Waals surface area contributed by atoms with E-state index in [1.54, 1.807) is 36.4 Å². The molecule has 1 aliphatic rings. The lowest BCUT2D eigenvalue weighted by molar-refractivity contribution is -0.130. The molecule has 3 aromatic rings. The molecule has 178 valence electrons. The first-order valence-electron chi connectivity index (χ1n) is 11.2. The molecule has 35 heavy (non-hydrogen) atoms. The number of hydrogen-bond acceptors (Lipinski definition) is 5. The first kappa shape index (κ1) is 23.8. The summed E-state index contributed by atoms with van der Waals surface area (Å²) in [7, 11) is 1.53. The van der Waals surface area contributed by atoms with Gasteiger partial charge >= 0.3 is 5.97 Å². The number of Topliss-reactive ketones (excluding diaryl/α,β-unsaturated/α-hetero) is 1. The van der Waals surface area contributed by atoms with Gasteiger partial charge in [0.2, 0.25) is 0 Å². The van der Waals surface area contributed by atoms with Crippen LogP contribution in [0.25, 0.3) is 0 Å². The van der Waals surface area contributed by atoms with Crippen molar-refractivity contribution in [3.05, 3.63) is 112 Å². The minimum absolute atomic E-state index is 0.0568. The van der Waals surface area contributed by atoms with Crippen LogP contribution in [-0.4, -0.2) is 39.9 Å². The number of carboxylic acid groups (broad SMARTS) is 1. The molecular weight excluding hydrogens is 446 g/mol. The van der Waals surface area contributed by atoms with Gasteiger partial charge < -0.3 is 19.8 Å². The van der Waals surface area contributed by atoms with Crippen molar-refractivity contribution >= 4 is 17.7 Å². The third kappa shape index (κ3) is 5.09. The number of carboxylic acids is 1. The summed E-state index contributed by atoms with van der Waals surface area (Å²) in [6.07, 6.45) is 0.616. The average molecular weight is 472 g/mol. The molecule has 0 radical (unpaired) electrons. The second-order valence-corrected chi connectivity index (χ2v) is 8.29. The fourth-order valence-electron chi connectivity index (χ4n) is 4.25. The first-order valence-corrected chi connectivity index (χ1v) is 11.2. The number of amides is 1. The Hall–Kier alpha value is -4.39. The molecule has 0 fully saturated rings. The van der Waals surface area contributed by atoms with Crippen molar-refractivity contribution in [1.82, 2.24) is 4.90 Å². The van der Waals surface area contributed by atoms with Crippen molar-refractivity contribution in [3.8, 4) is 5.75 Å². The summed E-state index contributed by atoms with van der Waals surface area (Å²) < 4.78 is 5.34. The lowest BCUT2D eigenvalue weighted by Crippen LogP contribution is -2.30. The molecule has 0 bridgehead atoms. The number of aliphatic hydroxyl groups is 1. The predicted molar refractivity (Wildman–Crippen MR) is 129 cm³/mol. The number of aliphatic hydroxyl groups excluding tert-OH is 1. The molecule has 0 saturated carbocycles. The molecule has 0 aromatic heterocycles. The number of carbonyl (C=O) groups excluding carboxylic acids is 2. The maximum absolute atomic E-state index is 13.3. The lowest BCUT2D eigenvalue weighted by atomic mass is 9.93. The number of ether oxygens (including phenoxy) is 1. The van der Waals surface area contributed by atoms with E-state index in [1.165, 1.54) is 24.1 Å². The van der Waals surface area contributed by atoms with E-state index in [4.69, 9.17) is 9.84 Å². The zero-order valence-electron chi connectivity index (χ0n) is 19.2. The highest BCUT2D eigenvalue weighted by Crippen LogP contribution is 2.40. The van der Waals surface area contributed by atoms with Gasteiger partial charge in [0.15, 0.2) is 11.5 Å². The molecule has 0 spiro atoms. The predicted octanol–water partition coefficient (Wildman–Crippen LogP) is 4.49. The van der Waals surface area contributed by atoms with Crippen molar-refractivity contribution in [2.24, 2.45) is 0 Å². The van der Waals surface area contributed by atoms with Gasteiger partial charge in [-0.2, -0.15) is 0 Å². The number of carbonyl (C=O) groups is 3. The molecule has 1 atom stereocenters. The maximum atomic E-state index is 13.3. The molecule has 0 saturated heterocycles. The third-order valence-electron chi connectivity index (χ3n) is 6.05. The number of aromatic carboxylic acids is 1. The molecule has 1 aliphatic heterocycles. The van der Waals surface area contributed by atoms with Crippen LogP contribution in [0.2, 0.25) is 0 Å². The molecule has 0 aliphatic carbocycles. The Morgan fingerprint density at radius 1 is 0.943 bits per heavy atom. The lowest BCUT2D eigenvalue weighted by Gasteiger charge is -2.27. The molecule has 1 heterocycles. The van der Waals surface area contributed by atoms with Gasteiger partial charge in [-0.15, -0.1) is 0 Å². The summed E-state index contributed by atoms with van der Waals surface area (Å²) in [6, 6.07) is 21.9. The fraction of sp³-hybridized carbons (Fsp3) is 0.179. The highest BCUT2D eigenvalue weighted by atomic mass is 16.5. The number of hydrogen-bond donors (Lipinski definition) is 2. The maximum Gasteiger partial charge on any atom is 0.335 e. The van der Waals surface area contributed by atoms with Crippen LogP contribution in [0.4, 0.5) is 0 Å². The van der Waals surface area contributed by atoms with E-state index in [9.17, 15) is 19.5 Å². The standard InChI is InChI=1S/C28H25NO6/c1-35-22-9-5-8-21(16-22)25-24(23(30)15-12-18-6-3-2-4-7-18)26(31)27(32)29(25)17-19-10-13-20(14-11-19)28(33)34/h2-11,13-14,16,25,31H,12,15,17H2,1H3,(H,33,34). The van der Waals surface area contributed by atoms with Crippen molar-refractivity contribution in [1.29, 1.82) is 0 Å². The van der Waals surface area contributed by atoms with Gasteiger partial charge in [-0.3, -0.25) is 9.59 Å². The Morgan fingerprint density at radius 3 is 2.31 bits per heavy atom. The first-order chi connectivity index (χ1) is 16.9. The van der Waals surface area contributed by atoms with Gasteiger partial charge in [-0.05, 0) is 47.4 Å². The van der Waals surface area contributed by atoms with Crippen molar-refractivity contribution in [2.45, 2.75) is 25.4 Å². The number of methoxy groups -OCH3 is 1. The van der Waals surface area contributed by atoms with E-state index in [1.807, 2.05) is 30.3 Å². The zero-order chi connectivity index (χ0) is 24.9. The van der Waals surface area contributed by atoms with Crippen LogP contribution in [0, 0.1) is 0 Å². The Balaban J connectivity index is 1.67. The molecule has 7 heteroatoms. The quantitative estimate of drug-likeness (QED) is 0.477. The van der Waals surface area contributed by atoms with Crippen LogP contribution in [0.1, 0.15) is 39.5 Å². The summed E-state index contributed by atoms with van der Waals surface area (Å²) in [5.74, 6) is -2.01. The Bertz CT molecular complexity index is 1280. The minimum atomic E-state index is -1.05. The Labute approximate surface area is 202 Å². The van der Waals surface area contributed by atoms with Crippen LogP contribution >= 0.6 is 0 Å². The van der Waals surface area contributed by atoms with Gasteiger partial charge in [0.05, 0.1) is 24.3 Å². The van der Waals surface area contributed by atoms with Crippen molar-refractivity contribution < 1.29 is 29.3 Å². The van der Waals surface area contributed by atoms with Crippen molar-refractivity contribution in [2.75, 3.05) is 7.11 Å². The van der Waals surface area contributed by atoms with Crippen LogP contribution in [0.15, 0.2) is 90.2 Å². The molecule has 7 nitrogen and oxygen atoms in total. The smallest absolute Gasteiger partial charge is 0.335 e. The normalized spacial score (nSPS) is 15.4. The second-order valence-electron chi connectivity index (χ2n) is 8.29. The fourth-order valence-corrected chi connectivity index (χ4v) is 4.25. The largest absolute Gasteiger partial charge is 0.503 e. The number of rotatable bonds is 9. The van der Waals surface area contributed by atoms with Crippen LogP contribution in [0.5, 0.6) is 5.75 Å². The highest BCUT2D eigenvalue weighted by molar-refractivity contribution is 6.09. The van der Waals surface area contributed by atoms with Gasteiger partial charge in [0, 0.05) is 13.0 Å². The number of ketones is 1. The average Bonchev–Trinajstić information content (AvgIpc) is 3.13. The summed E-state index contributed by atoms with van der Waals surface area (Å²) in [5.41, 5.74) is 2.47. The molecule has 4 rings (SSSR count). The summed E-state index contributed by atoms with van der Waals surface area (Å²) >= 11 is 0. The Morgan fingerprint density at radius 2 is 1.66 bits per heavy atom. The Kier molecular flexibility index (Phi) is 6.96. The topological polar surface area (TPSA) is 104 Å². The second kappa shape index (κ2) is 10.3. The van der Waals surface area contributed by atoms with E-state index in [0.717, 1.165) is 5.56 Å². The zero-order valence-corrected chi connectivity index (χ0v) is 19.2. The van der Waals surface area contributed by atoms with Gasteiger partial charge in [0.25, 0.3) is 5.91 Å². The molecule has 1 amide bonds. The van der Waals surface area contributed by atoms with E-state index >= 15 is 0 Å². The van der Waals surface area contributed by atoms with Crippen LogP contribution < -0.4 is 4.74 Å². The van der Waals surface area contributed by atoms with Crippen molar-refractivity contribution in [3.63, 3.8) is 0 Å². The van der Waals surface area contributed by atoms with Crippen LogP contribution in [-0.2, 0) is 22.6 Å². The van der Waals surface area contributed by atoms with Gasteiger partial charge in [-0.1, -0.05) is 54.6 Å². The molecule has 1 unspecified atom stereocenters. The van der Waals surface area contributed by atoms with Gasteiger partial charge in [-0.25, -0.2) is 4.79 Å². The molecule has 3 aromatic carbocycles. The van der Waals surface area contributed by atoms with Gasteiger partial charge in [0.1, 0.15) is 5.75 Å². The minimum Gasteiger partial charge on any atom is -0.503 e. The summed E-state index contributed by atoms with van der Waals surface area (Å²) in [4.78, 5) is 39.1. The highest BCUT2D eigenvalue weighted by Gasteiger charge is 2.43. The summed E-state index contributed by atoms with van der Waals surface area (Å²) in [6.45, 7) is 0.0835. The SMILES string of the molecule is COc1cccc(C2C(C(=O)CCc3ccccc3)=C(O)C(=O)N2Cc2ccc(C(=O)O)cc2)c1. The molecular formula is C28H25NO6. The monoisotopic (exact) mass is 471 g/mol. The van der Waals surface area contributed by atoms with E-state index < -0.39 is 23.7 Å². The number of aryl methyl sites for hydroxylation is 1. The van der Waals surface area contributed by atoms with E-state index in [0.29, 0.717) is 23.3 Å². The number of nitrogens with zero attached hydrogens (tertiary/aromatic N) is 1. The number of benzene rings is 3.